The van der Waals surface area contributed by atoms with E-state index < -0.39 is 7.12 Å². The van der Waals surface area contributed by atoms with Gasteiger partial charge < -0.3 is 10.0 Å². The van der Waals surface area contributed by atoms with Gasteiger partial charge in [0.25, 0.3) is 0 Å². The average Bonchev–Trinajstić information content (AvgIpc) is 2.52. The van der Waals surface area contributed by atoms with Crippen molar-refractivity contribution in [1.82, 2.24) is 9.97 Å². The monoisotopic (exact) mass is 318 g/mol. The van der Waals surface area contributed by atoms with Crippen LogP contribution >= 0.6 is 0 Å². The van der Waals surface area contributed by atoms with E-state index in [0.717, 1.165) is 13.0 Å². The van der Waals surface area contributed by atoms with Gasteiger partial charge in [-0.15, -0.1) is 0 Å². The van der Waals surface area contributed by atoms with Crippen LogP contribution in [0.1, 0.15) is 78.6 Å². The van der Waals surface area contributed by atoms with Gasteiger partial charge in [-0.3, -0.25) is 9.97 Å². The summed E-state index contributed by atoms with van der Waals surface area (Å²) >= 11 is 0. The first-order valence-electron chi connectivity index (χ1n) is 9.17. The molecule has 0 aliphatic heterocycles. The van der Waals surface area contributed by atoms with Crippen LogP contribution in [0.15, 0.2) is 12.4 Å². The summed E-state index contributed by atoms with van der Waals surface area (Å²) in [6.45, 7) is 6.83. The van der Waals surface area contributed by atoms with Crippen molar-refractivity contribution in [3.8, 4) is 0 Å². The van der Waals surface area contributed by atoms with Crippen molar-refractivity contribution in [2.24, 2.45) is 0 Å². The van der Waals surface area contributed by atoms with E-state index >= 15 is 0 Å². The highest BCUT2D eigenvalue weighted by atomic mass is 16.4. The summed E-state index contributed by atoms with van der Waals surface area (Å²) < 4.78 is 0. The van der Waals surface area contributed by atoms with Gasteiger partial charge >= 0.3 is 7.12 Å². The van der Waals surface area contributed by atoms with Crippen LogP contribution in [0.5, 0.6) is 0 Å². The first-order valence-corrected chi connectivity index (χ1v) is 9.17. The summed E-state index contributed by atoms with van der Waals surface area (Å²) in [5, 5.41) is 18.5. The lowest BCUT2D eigenvalue weighted by molar-refractivity contribution is 0.425. The number of nitrogens with zero attached hydrogens (tertiary/aromatic N) is 2. The molecule has 0 saturated heterocycles. The minimum Gasteiger partial charge on any atom is -0.423 e. The predicted octanol–water partition coefficient (Wildman–Crippen LogP) is 1.95. The van der Waals surface area contributed by atoms with E-state index in [0.29, 0.717) is 5.46 Å². The molecule has 6 heteroatoms. The summed E-state index contributed by atoms with van der Waals surface area (Å²) in [4.78, 5) is 8.65. The normalized spacial score (nSPS) is 13.6. The highest BCUT2D eigenvalue weighted by molar-refractivity contribution is 6.59. The van der Waals surface area contributed by atoms with Crippen LogP contribution in [0.25, 0.3) is 0 Å². The summed E-state index contributed by atoms with van der Waals surface area (Å²) in [6.07, 6.45) is 14.4. The first kappa shape index (κ1) is 20.2. The second-order valence-corrected chi connectivity index (χ2v) is 7.06. The van der Waals surface area contributed by atoms with Gasteiger partial charge in [0.05, 0.1) is 5.72 Å². The molecule has 4 nitrogen and oxygen atoms in total. The quantitative estimate of drug-likeness (QED) is 0.457. The van der Waals surface area contributed by atoms with Gasteiger partial charge in [-0.2, -0.15) is 0 Å². The van der Waals surface area contributed by atoms with Gasteiger partial charge in [-0.25, -0.2) is 0 Å². The van der Waals surface area contributed by atoms with Crippen LogP contribution < -0.4 is 11.2 Å². The van der Waals surface area contributed by atoms with Crippen molar-refractivity contribution >= 4 is 25.6 Å². The lowest BCUT2D eigenvalue weighted by Gasteiger charge is -2.28. The molecule has 0 aliphatic rings. The van der Waals surface area contributed by atoms with E-state index in [1.54, 1.807) is 0 Å². The van der Waals surface area contributed by atoms with Crippen LogP contribution in [0, 0.1) is 0 Å². The molecule has 1 unspecified atom stereocenters. The van der Waals surface area contributed by atoms with Gasteiger partial charge in [-0.1, -0.05) is 78.6 Å². The van der Waals surface area contributed by atoms with E-state index in [1.807, 2.05) is 0 Å². The molecule has 0 spiro atoms. The summed E-state index contributed by atoms with van der Waals surface area (Å²) in [5.74, 6) is 0. The molecule has 2 N–H and O–H groups in total. The average molecular weight is 318 g/mol. The standard InChI is InChI=1S/C17H32B2N2O2/c1-4-6-8-10-12-17(3,11-9-7-5-2)18-16-20-13-15(14-21-16)19(22)23/h13-14,18,22-23H,4-12H2,1-3H3. The molecule has 0 aliphatic carbocycles. The van der Waals surface area contributed by atoms with Gasteiger partial charge in [-0.05, 0) is 5.31 Å². The lowest BCUT2D eigenvalue weighted by atomic mass is 9.49. The number of hydrogen-bond acceptors (Lipinski definition) is 4. The smallest absolute Gasteiger partial charge is 0.423 e. The van der Waals surface area contributed by atoms with Crippen molar-refractivity contribution in [2.75, 3.05) is 0 Å². The Kier molecular flexibility index (Phi) is 9.49. The largest absolute Gasteiger partial charge is 0.491 e. The Labute approximate surface area is 142 Å². The van der Waals surface area contributed by atoms with E-state index in [-0.39, 0.29) is 5.31 Å². The fraction of sp³-hybridized carbons (Fsp3) is 0.765. The molecule has 0 saturated carbocycles. The highest BCUT2D eigenvalue weighted by Gasteiger charge is 2.27. The maximum Gasteiger partial charge on any atom is 0.491 e. The van der Waals surface area contributed by atoms with E-state index in [1.165, 1.54) is 70.2 Å². The highest BCUT2D eigenvalue weighted by Crippen LogP contribution is 2.37. The van der Waals surface area contributed by atoms with Gasteiger partial charge in [0.2, 0.25) is 7.28 Å². The predicted molar refractivity (Wildman–Crippen MR) is 99.9 cm³/mol. The third kappa shape index (κ3) is 7.98. The molecule has 0 amide bonds. The van der Waals surface area contributed by atoms with Gasteiger partial charge in [0.15, 0.2) is 0 Å². The molecule has 1 rings (SSSR count). The molecule has 1 aromatic heterocycles. The number of rotatable bonds is 12. The van der Waals surface area contributed by atoms with Crippen molar-refractivity contribution in [2.45, 2.75) is 83.9 Å². The fourth-order valence-corrected chi connectivity index (χ4v) is 3.05. The molecule has 1 aromatic rings. The van der Waals surface area contributed by atoms with Crippen LogP contribution in [0.3, 0.4) is 0 Å². The minimum absolute atomic E-state index is 0.238. The molecule has 1 atom stereocenters. The Morgan fingerprint density at radius 1 is 0.957 bits per heavy atom. The number of aromatic nitrogens is 2. The molecule has 0 radical (unpaired) electrons. The molecule has 128 valence electrons. The molecule has 1 heterocycles. The zero-order chi connectivity index (χ0) is 17.1. The Hall–Kier alpha value is -0.870. The molecule has 23 heavy (non-hydrogen) atoms. The lowest BCUT2D eigenvalue weighted by Crippen LogP contribution is -2.37. The Bertz CT molecular complexity index is 429. The molecule has 0 fully saturated rings. The Morgan fingerprint density at radius 3 is 2.00 bits per heavy atom. The van der Waals surface area contributed by atoms with Crippen LogP contribution in [0.2, 0.25) is 5.31 Å². The zero-order valence-corrected chi connectivity index (χ0v) is 15.1. The number of unbranched alkanes of at least 4 members (excludes halogenated alkanes) is 5. The zero-order valence-electron chi connectivity index (χ0n) is 15.1. The summed E-state index contributed by atoms with van der Waals surface area (Å²) in [6, 6.07) is 0. The number of hydrogen-bond donors (Lipinski definition) is 2. The maximum absolute atomic E-state index is 9.13. The first-order chi connectivity index (χ1) is 11.0. The Balaban J connectivity index is 2.65. The second-order valence-electron chi connectivity index (χ2n) is 7.06. The minimum atomic E-state index is -1.49. The third-order valence-corrected chi connectivity index (χ3v) is 4.63. The molecule has 0 bridgehead atoms. The molecular weight excluding hydrogens is 286 g/mol. The van der Waals surface area contributed by atoms with Gasteiger partial charge in [0.1, 0.15) is 0 Å². The third-order valence-electron chi connectivity index (χ3n) is 4.63. The Morgan fingerprint density at radius 2 is 1.48 bits per heavy atom. The molecule has 0 aromatic carbocycles. The topological polar surface area (TPSA) is 66.2 Å². The second kappa shape index (κ2) is 10.8. The van der Waals surface area contributed by atoms with E-state index in [2.05, 4.69) is 30.7 Å². The SMILES string of the molecule is CCCCCCC(C)(Bc1ncc(B(O)O)cn1)CCCCC. The fourth-order valence-electron chi connectivity index (χ4n) is 3.05. The summed E-state index contributed by atoms with van der Waals surface area (Å²) in [5.41, 5.74) is 1.16. The maximum atomic E-state index is 9.13. The van der Waals surface area contributed by atoms with Crippen molar-refractivity contribution in [3.63, 3.8) is 0 Å². The summed E-state index contributed by atoms with van der Waals surface area (Å²) in [7, 11) is -0.626. The molecular formula is C17H32B2N2O2. The van der Waals surface area contributed by atoms with Crippen LogP contribution in [0.4, 0.5) is 0 Å². The van der Waals surface area contributed by atoms with Crippen LogP contribution in [-0.2, 0) is 0 Å². The van der Waals surface area contributed by atoms with Gasteiger partial charge in [0, 0.05) is 17.9 Å². The van der Waals surface area contributed by atoms with Crippen LogP contribution in [-0.4, -0.2) is 34.4 Å². The van der Waals surface area contributed by atoms with Crippen molar-refractivity contribution < 1.29 is 10.0 Å². The van der Waals surface area contributed by atoms with Crippen molar-refractivity contribution in [1.29, 1.82) is 0 Å². The van der Waals surface area contributed by atoms with Crippen molar-refractivity contribution in [3.05, 3.63) is 12.4 Å². The van der Waals surface area contributed by atoms with E-state index in [9.17, 15) is 0 Å². The van der Waals surface area contributed by atoms with E-state index in [4.69, 9.17) is 10.0 Å².